The van der Waals surface area contributed by atoms with Gasteiger partial charge in [0.05, 0.1) is 0 Å². The van der Waals surface area contributed by atoms with E-state index >= 15 is 0 Å². The van der Waals surface area contributed by atoms with Crippen molar-refractivity contribution in [1.82, 2.24) is 5.32 Å². The topological polar surface area (TPSA) is 38.3 Å². The first-order valence-electron chi connectivity index (χ1n) is 5.36. The van der Waals surface area contributed by atoms with Gasteiger partial charge in [-0.05, 0) is 37.6 Å². The summed E-state index contributed by atoms with van der Waals surface area (Å²) in [4.78, 5) is 11.5. The number of carbonyl (C=O) groups excluding carboxylic acids is 1. The number of nitrogens with one attached hydrogen (secondary N) is 1. The number of benzene rings is 1. The summed E-state index contributed by atoms with van der Waals surface area (Å²) in [7, 11) is 0. The molecule has 4 heteroatoms. The molecular formula is C13H16ClNO2. The van der Waals surface area contributed by atoms with Crippen LogP contribution >= 0.6 is 11.6 Å². The minimum absolute atomic E-state index is 0.169. The Labute approximate surface area is 106 Å². The van der Waals surface area contributed by atoms with Crippen LogP contribution in [0.3, 0.4) is 0 Å². The molecule has 0 bridgehead atoms. The molecule has 0 saturated carbocycles. The highest BCUT2D eigenvalue weighted by Gasteiger charge is 2.13. The van der Waals surface area contributed by atoms with Gasteiger partial charge in [0, 0.05) is 11.6 Å². The van der Waals surface area contributed by atoms with Crippen molar-refractivity contribution in [3.8, 4) is 5.75 Å². The number of hydrogen-bond donors (Lipinski definition) is 1. The molecule has 1 aromatic rings. The fourth-order valence-corrected chi connectivity index (χ4v) is 1.38. The summed E-state index contributed by atoms with van der Waals surface area (Å²) in [5.41, 5.74) is 0.919. The van der Waals surface area contributed by atoms with Gasteiger partial charge >= 0.3 is 0 Å². The molecule has 1 atom stereocenters. The third kappa shape index (κ3) is 4.11. The van der Waals surface area contributed by atoms with Crippen LogP contribution in [0.4, 0.5) is 0 Å². The third-order valence-electron chi connectivity index (χ3n) is 2.23. The lowest BCUT2D eigenvalue weighted by Gasteiger charge is -2.14. The zero-order valence-electron chi connectivity index (χ0n) is 10.00. The lowest BCUT2D eigenvalue weighted by atomic mass is 10.2. The second-order valence-corrected chi connectivity index (χ2v) is 4.11. The number of ether oxygens (including phenoxy) is 1. The highest BCUT2D eigenvalue weighted by atomic mass is 35.5. The molecule has 0 aromatic heterocycles. The van der Waals surface area contributed by atoms with Crippen LogP contribution in [0.15, 0.2) is 30.9 Å². The molecule has 0 spiro atoms. The van der Waals surface area contributed by atoms with Crippen molar-refractivity contribution in [2.75, 3.05) is 6.54 Å². The van der Waals surface area contributed by atoms with E-state index in [1.165, 1.54) is 0 Å². The minimum Gasteiger partial charge on any atom is -0.481 e. The highest BCUT2D eigenvalue weighted by Crippen LogP contribution is 2.21. The van der Waals surface area contributed by atoms with Gasteiger partial charge in [0.2, 0.25) is 0 Å². The van der Waals surface area contributed by atoms with Gasteiger partial charge in [0.25, 0.3) is 5.91 Å². The Balaban J connectivity index is 2.61. The smallest absolute Gasteiger partial charge is 0.261 e. The second-order valence-electron chi connectivity index (χ2n) is 3.70. The number of halogens is 1. The van der Waals surface area contributed by atoms with Gasteiger partial charge in [-0.1, -0.05) is 17.7 Å². The van der Waals surface area contributed by atoms with Gasteiger partial charge in [-0.2, -0.15) is 0 Å². The van der Waals surface area contributed by atoms with Crippen molar-refractivity contribution in [3.05, 3.63) is 41.4 Å². The van der Waals surface area contributed by atoms with Gasteiger partial charge in [0.1, 0.15) is 5.75 Å². The van der Waals surface area contributed by atoms with Crippen LogP contribution in [-0.2, 0) is 4.79 Å². The maximum absolute atomic E-state index is 11.5. The molecule has 0 aliphatic heterocycles. The molecule has 0 fully saturated rings. The summed E-state index contributed by atoms with van der Waals surface area (Å²) in [6.45, 7) is 7.55. The normalized spacial score (nSPS) is 11.7. The molecular weight excluding hydrogens is 238 g/mol. The van der Waals surface area contributed by atoms with Crippen LogP contribution < -0.4 is 10.1 Å². The average molecular weight is 254 g/mol. The van der Waals surface area contributed by atoms with Crippen molar-refractivity contribution in [2.24, 2.45) is 0 Å². The van der Waals surface area contributed by atoms with E-state index in [-0.39, 0.29) is 5.91 Å². The Morgan fingerprint density at radius 3 is 2.94 bits per heavy atom. The molecule has 1 amide bonds. The van der Waals surface area contributed by atoms with E-state index in [0.29, 0.717) is 17.3 Å². The molecule has 0 saturated heterocycles. The summed E-state index contributed by atoms with van der Waals surface area (Å²) in [6, 6.07) is 5.30. The first kappa shape index (κ1) is 13.6. The predicted octanol–water partition coefficient (Wildman–Crippen LogP) is 2.72. The van der Waals surface area contributed by atoms with E-state index in [4.69, 9.17) is 16.3 Å². The number of amides is 1. The molecule has 1 aromatic carbocycles. The Hall–Kier alpha value is -1.48. The fraction of sp³-hybridized carbons (Fsp3) is 0.308. The van der Waals surface area contributed by atoms with Crippen LogP contribution in [0.25, 0.3) is 0 Å². The van der Waals surface area contributed by atoms with Crippen LogP contribution in [-0.4, -0.2) is 18.6 Å². The van der Waals surface area contributed by atoms with Gasteiger partial charge in [-0.25, -0.2) is 0 Å². The largest absolute Gasteiger partial charge is 0.481 e. The monoisotopic (exact) mass is 253 g/mol. The maximum Gasteiger partial charge on any atom is 0.261 e. The Kier molecular flexibility index (Phi) is 5.04. The van der Waals surface area contributed by atoms with Crippen molar-refractivity contribution >= 4 is 17.5 Å². The summed E-state index contributed by atoms with van der Waals surface area (Å²) in [5, 5.41) is 3.35. The lowest BCUT2D eigenvalue weighted by Crippen LogP contribution is -2.36. The molecule has 0 radical (unpaired) electrons. The van der Waals surface area contributed by atoms with Crippen LogP contribution in [0.1, 0.15) is 12.5 Å². The van der Waals surface area contributed by atoms with E-state index in [1.54, 1.807) is 31.2 Å². The van der Waals surface area contributed by atoms with Gasteiger partial charge in [-0.15, -0.1) is 6.58 Å². The Morgan fingerprint density at radius 2 is 2.35 bits per heavy atom. The number of carbonyl (C=O) groups is 1. The van der Waals surface area contributed by atoms with Gasteiger partial charge in [-0.3, -0.25) is 4.79 Å². The Morgan fingerprint density at radius 1 is 1.65 bits per heavy atom. The molecule has 0 unspecified atom stereocenters. The molecule has 1 rings (SSSR count). The molecule has 1 N–H and O–H groups in total. The van der Waals surface area contributed by atoms with Gasteiger partial charge < -0.3 is 10.1 Å². The van der Waals surface area contributed by atoms with E-state index in [9.17, 15) is 4.79 Å². The second kappa shape index (κ2) is 6.30. The third-order valence-corrected chi connectivity index (χ3v) is 2.66. The van der Waals surface area contributed by atoms with Crippen molar-refractivity contribution in [3.63, 3.8) is 0 Å². The summed E-state index contributed by atoms with van der Waals surface area (Å²) in [5.74, 6) is 0.464. The zero-order valence-corrected chi connectivity index (χ0v) is 10.8. The Bertz CT molecular complexity index is 418. The van der Waals surface area contributed by atoms with E-state index in [1.807, 2.05) is 6.92 Å². The summed E-state index contributed by atoms with van der Waals surface area (Å²) < 4.78 is 5.50. The predicted molar refractivity (Wildman–Crippen MR) is 69.5 cm³/mol. The fourth-order valence-electron chi connectivity index (χ4n) is 1.26. The highest BCUT2D eigenvalue weighted by molar-refractivity contribution is 6.31. The number of hydrogen-bond acceptors (Lipinski definition) is 2. The minimum atomic E-state index is -0.546. The summed E-state index contributed by atoms with van der Waals surface area (Å²) >= 11 is 5.90. The van der Waals surface area contributed by atoms with Crippen molar-refractivity contribution in [1.29, 1.82) is 0 Å². The van der Waals surface area contributed by atoms with Crippen molar-refractivity contribution in [2.45, 2.75) is 20.0 Å². The van der Waals surface area contributed by atoms with Crippen LogP contribution in [0, 0.1) is 6.92 Å². The standard InChI is InChI=1S/C13H16ClNO2/c1-4-7-15-13(16)10(3)17-11-5-6-12(14)9(2)8-11/h4-6,8,10H,1,7H2,2-3H3,(H,15,16)/t10-/m1/s1. The van der Waals surface area contributed by atoms with Gasteiger partial charge in [0.15, 0.2) is 6.10 Å². The first-order valence-corrected chi connectivity index (χ1v) is 5.74. The maximum atomic E-state index is 11.5. The van der Waals surface area contributed by atoms with Crippen LogP contribution in [0.5, 0.6) is 5.75 Å². The summed E-state index contributed by atoms with van der Waals surface area (Å²) in [6.07, 6.45) is 1.08. The van der Waals surface area contributed by atoms with E-state index < -0.39 is 6.10 Å². The molecule has 3 nitrogen and oxygen atoms in total. The van der Waals surface area contributed by atoms with Crippen molar-refractivity contribution < 1.29 is 9.53 Å². The molecule has 0 aliphatic carbocycles. The number of aryl methyl sites for hydroxylation is 1. The lowest BCUT2D eigenvalue weighted by molar-refractivity contribution is -0.127. The molecule has 0 heterocycles. The van der Waals surface area contributed by atoms with E-state index in [2.05, 4.69) is 11.9 Å². The quantitative estimate of drug-likeness (QED) is 0.820. The number of rotatable bonds is 5. The van der Waals surface area contributed by atoms with E-state index in [0.717, 1.165) is 5.56 Å². The van der Waals surface area contributed by atoms with Crippen LogP contribution in [0.2, 0.25) is 5.02 Å². The molecule has 92 valence electrons. The molecule has 0 aliphatic rings. The molecule has 17 heavy (non-hydrogen) atoms. The first-order chi connectivity index (χ1) is 8.04. The average Bonchev–Trinajstić information content (AvgIpc) is 2.30. The zero-order chi connectivity index (χ0) is 12.8. The SMILES string of the molecule is C=CCNC(=O)[C@@H](C)Oc1ccc(Cl)c(C)c1.